The number of rotatable bonds is 5. The van der Waals surface area contributed by atoms with Crippen LogP contribution in [0.2, 0.25) is 0 Å². The van der Waals surface area contributed by atoms with Gasteiger partial charge in [-0.05, 0) is 33.8 Å². The average Bonchev–Trinajstić information content (AvgIpc) is 2.32. The van der Waals surface area contributed by atoms with Gasteiger partial charge in [0.1, 0.15) is 12.6 Å². The zero-order valence-electron chi connectivity index (χ0n) is 11.9. The fraction of sp³-hybridized carbons (Fsp3) is 0.500. The smallest absolute Gasteiger partial charge is 0.105 e. The Labute approximate surface area is 106 Å². The summed E-state index contributed by atoms with van der Waals surface area (Å²) in [6.07, 6.45) is 4.46. The Bertz CT molecular complexity index is 364. The average molecular weight is 232 g/mol. The molecular formula is C16H26N+. The molecule has 94 valence electrons. The van der Waals surface area contributed by atoms with Gasteiger partial charge in [-0.2, -0.15) is 0 Å². The Morgan fingerprint density at radius 3 is 2.29 bits per heavy atom. The maximum absolute atomic E-state index is 2.34. The summed E-state index contributed by atoms with van der Waals surface area (Å²) in [5.74, 6) is 0. The molecule has 0 radical (unpaired) electrons. The van der Waals surface area contributed by atoms with Gasteiger partial charge in [-0.3, -0.25) is 0 Å². The van der Waals surface area contributed by atoms with E-state index in [1.165, 1.54) is 11.1 Å². The summed E-state index contributed by atoms with van der Waals surface area (Å²) in [6.45, 7) is 11.1. The first-order valence-corrected chi connectivity index (χ1v) is 6.54. The van der Waals surface area contributed by atoms with E-state index in [4.69, 9.17) is 0 Å². The minimum absolute atomic E-state index is 0.561. The van der Waals surface area contributed by atoms with E-state index < -0.39 is 0 Å². The topological polar surface area (TPSA) is 0 Å². The van der Waals surface area contributed by atoms with Crippen molar-refractivity contribution in [2.45, 2.75) is 40.3 Å². The number of aryl methyl sites for hydroxylation is 1. The van der Waals surface area contributed by atoms with Crippen LogP contribution in [0.5, 0.6) is 0 Å². The molecule has 0 saturated heterocycles. The van der Waals surface area contributed by atoms with Crippen molar-refractivity contribution in [2.24, 2.45) is 0 Å². The highest BCUT2D eigenvalue weighted by Crippen LogP contribution is 2.18. The van der Waals surface area contributed by atoms with E-state index in [0.29, 0.717) is 6.04 Å². The van der Waals surface area contributed by atoms with Crippen LogP contribution >= 0.6 is 0 Å². The van der Waals surface area contributed by atoms with Crippen LogP contribution in [0.15, 0.2) is 36.4 Å². The summed E-state index contributed by atoms with van der Waals surface area (Å²) < 4.78 is 1.06. The summed E-state index contributed by atoms with van der Waals surface area (Å²) in [7, 11) is 2.34. The van der Waals surface area contributed by atoms with E-state index in [9.17, 15) is 0 Å². The Balaban J connectivity index is 2.84. The summed E-state index contributed by atoms with van der Waals surface area (Å²) in [6, 6.07) is 9.48. The van der Waals surface area contributed by atoms with Crippen LogP contribution in [-0.4, -0.2) is 24.1 Å². The molecule has 0 fully saturated rings. The maximum Gasteiger partial charge on any atom is 0.105 e. The van der Waals surface area contributed by atoms with E-state index in [1.54, 1.807) is 0 Å². The largest absolute Gasteiger partial charge is 0.317 e. The molecule has 1 aromatic rings. The Morgan fingerprint density at radius 1 is 1.24 bits per heavy atom. The number of quaternary nitrogens is 1. The van der Waals surface area contributed by atoms with Crippen molar-refractivity contribution in [2.75, 3.05) is 13.6 Å². The van der Waals surface area contributed by atoms with Crippen LogP contribution in [-0.2, 0) is 6.54 Å². The third-order valence-electron chi connectivity index (χ3n) is 3.84. The van der Waals surface area contributed by atoms with Gasteiger partial charge in [0.15, 0.2) is 0 Å². The van der Waals surface area contributed by atoms with Crippen LogP contribution < -0.4 is 0 Å². The fourth-order valence-electron chi connectivity index (χ4n) is 2.14. The maximum atomic E-state index is 2.34. The van der Waals surface area contributed by atoms with Crippen LogP contribution in [0.4, 0.5) is 0 Å². The molecule has 2 atom stereocenters. The summed E-state index contributed by atoms with van der Waals surface area (Å²) in [5.41, 5.74) is 2.76. The molecule has 0 aliphatic rings. The first-order chi connectivity index (χ1) is 8.01. The van der Waals surface area contributed by atoms with Gasteiger partial charge in [-0.1, -0.05) is 35.9 Å². The van der Waals surface area contributed by atoms with E-state index in [-0.39, 0.29) is 0 Å². The lowest BCUT2D eigenvalue weighted by atomic mass is 10.1. The van der Waals surface area contributed by atoms with E-state index in [0.717, 1.165) is 17.6 Å². The van der Waals surface area contributed by atoms with Gasteiger partial charge in [0.25, 0.3) is 0 Å². The Hall–Kier alpha value is -1.08. The zero-order valence-corrected chi connectivity index (χ0v) is 11.9. The fourth-order valence-corrected chi connectivity index (χ4v) is 2.14. The van der Waals surface area contributed by atoms with E-state index >= 15 is 0 Å². The highest BCUT2D eigenvalue weighted by molar-refractivity contribution is 5.20. The van der Waals surface area contributed by atoms with Gasteiger partial charge >= 0.3 is 0 Å². The second kappa shape index (κ2) is 6.02. The molecule has 0 aliphatic heterocycles. The minimum Gasteiger partial charge on any atom is -0.317 e. The highest BCUT2D eigenvalue weighted by Gasteiger charge is 2.25. The van der Waals surface area contributed by atoms with Gasteiger partial charge in [0.05, 0.1) is 13.6 Å². The van der Waals surface area contributed by atoms with Gasteiger partial charge < -0.3 is 4.48 Å². The first-order valence-electron chi connectivity index (χ1n) is 6.54. The Kier molecular flexibility index (Phi) is 4.95. The second-order valence-corrected chi connectivity index (χ2v) is 5.21. The van der Waals surface area contributed by atoms with Crippen molar-refractivity contribution < 1.29 is 4.48 Å². The molecule has 0 aromatic heterocycles. The molecule has 1 rings (SSSR count). The molecule has 0 saturated carbocycles. The van der Waals surface area contributed by atoms with Crippen LogP contribution in [0.25, 0.3) is 0 Å². The van der Waals surface area contributed by atoms with Gasteiger partial charge in [-0.15, -0.1) is 0 Å². The van der Waals surface area contributed by atoms with Crippen molar-refractivity contribution in [1.29, 1.82) is 0 Å². The summed E-state index contributed by atoms with van der Waals surface area (Å²) in [5, 5.41) is 0. The minimum atomic E-state index is 0.561. The van der Waals surface area contributed by atoms with Crippen LogP contribution in [0.3, 0.4) is 0 Å². The van der Waals surface area contributed by atoms with Crippen molar-refractivity contribution >= 4 is 0 Å². The van der Waals surface area contributed by atoms with Crippen molar-refractivity contribution in [1.82, 2.24) is 0 Å². The summed E-state index contributed by atoms with van der Waals surface area (Å²) >= 11 is 0. The molecule has 0 spiro atoms. The zero-order chi connectivity index (χ0) is 12.9. The molecule has 1 heteroatoms. The SMILES string of the molecule is CC=CC(C)[N+](C)(CC)Cc1ccc(C)cc1. The number of benzene rings is 1. The monoisotopic (exact) mass is 232 g/mol. The number of hydrogen-bond donors (Lipinski definition) is 0. The number of nitrogens with zero attached hydrogens (tertiary/aromatic N) is 1. The number of allylic oxidation sites excluding steroid dienone is 1. The predicted molar refractivity (Wildman–Crippen MR) is 75.9 cm³/mol. The van der Waals surface area contributed by atoms with Crippen LogP contribution in [0, 0.1) is 6.92 Å². The lowest BCUT2D eigenvalue weighted by Gasteiger charge is -2.38. The predicted octanol–water partition coefficient (Wildman–Crippen LogP) is 3.93. The lowest BCUT2D eigenvalue weighted by molar-refractivity contribution is -0.936. The van der Waals surface area contributed by atoms with Crippen LogP contribution in [0.1, 0.15) is 31.9 Å². The van der Waals surface area contributed by atoms with Crippen molar-refractivity contribution in [3.63, 3.8) is 0 Å². The summed E-state index contributed by atoms with van der Waals surface area (Å²) in [4.78, 5) is 0. The normalized spacial score (nSPS) is 17.0. The molecule has 0 amide bonds. The Morgan fingerprint density at radius 2 is 1.82 bits per heavy atom. The van der Waals surface area contributed by atoms with E-state index in [2.05, 4.69) is 71.2 Å². The van der Waals surface area contributed by atoms with Gasteiger partial charge in [0.2, 0.25) is 0 Å². The number of likely N-dealkylation sites (N-methyl/N-ethyl adjacent to an activating group) is 1. The molecule has 17 heavy (non-hydrogen) atoms. The standard InChI is InChI=1S/C16H26N/c1-6-8-15(4)17(5,7-2)13-16-11-9-14(3)10-12-16/h6,8-12,15H,7,13H2,1-5H3/q+1. The van der Waals surface area contributed by atoms with E-state index in [1.807, 2.05) is 0 Å². The number of hydrogen-bond acceptors (Lipinski definition) is 0. The van der Waals surface area contributed by atoms with Crippen molar-refractivity contribution in [3.05, 3.63) is 47.5 Å². The second-order valence-electron chi connectivity index (χ2n) is 5.21. The van der Waals surface area contributed by atoms with Crippen molar-refractivity contribution in [3.8, 4) is 0 Å². The lowest BCUT2D eigenvalue weighted by Crippen LogP contribution is -2.49. The molecule has 2 unspecified atom stereocenters. The molecule has 1 aromatic carbocycles. The molecular weight excluding hydrogens is 206 g/mol. The first kappa shape index (κ1) is 14.0. The quantitative estimate of drug-likeness (QED) is 0.533. The molecule has 0 aliphatic carbocycles. The molecule has 0 bridgehead atoms. The van der Waals surface area contributed by atoms with Gasteiger partial charge in [-0.25, -0.2) is 0 Å². The third-order valence-corrected chi connectivity index (χ3v) is 3.84. The molecule has 0 heterocycles. The molecule has 0 N–H and O–H groups in total. The molecule has 1 nitrogen and oxygen atoms in total. The highest BCUT2D eigenvalue weighted by atomic mass is 15.3. The van der Waals surface area contributed by atoms with Gasteiger partial charge in [0, 0.05) is 5.56 Å². The third kappa shape index (κ3) is 3.71.